The number of rotatable bonds is 6. The molecule has 2 heterocycles. The van der Waals surface area contributed by atoms with Gasteiger partial charge in [0.05, 0.1) is 11.4 Å². The second kappa shape index (κ2) is 14.1. The molecular formula is C55H35N3. The highest BCUT2D eigenvalue weighted by molar-refractivity contribution is 6.13. The Morgan fingerprint density at radius 3 is 1.47 bits per heavy atom. The van der Waals surface area contributed by atoms with Gasteiger partial charge in [-0.1, -0.05) is 182 Å². The second-order valence-electron chi connectivity index (χ2n) is 14.9. The van der Waals surface area contributed by atoms with E-state index < -0.39 is 0 Å². The van der Waals surface area contributed by atoms with Crippen LogP contribution in [0.3, 0.4) is 0 Å². The first-order valence-electron chi connectivity index (χ1n) is 19.7. The minimum atomic E-state index is 0.685. The van der Waals surface area contributed by atoms with Gasteiger partial charge in [0, 0.05) is 40.0 Å². The molecule has 2 aromatic heterocycles. The molecule has 3 nitrogen and oxygen atoms in total. The van der Waals surface area contributed by atoms with Gasteiger partial charge >= 0.3 is 0 Å². The summed E-state index contributed by atoms with van der Waals surface area (Å²) >= 11 is 0. The number of pyridine rings is 1. The summed E-state index contributed by atoms with van der Waals surface area (Å²) in [5.41, 5.74) is 11.7. The fourth-order valence-electron chi connectivity index (χ4n) is 8.33. The van der Waals surface area contributed by atoms with Crippen molar-refractivity contribution in [1.82, 2.24) is 15.0 Å². The number of hydrogen-bond acceptors (Lipinski definition) is 3. The van der Waals surface area contributed by atoms with Crippen LogP contribution in [-0.2, 0) is 0 Å². The summed E-state index contributed by atoms with van der Waals surface area (Å²) in [5, 5.41) is 9.79. The third-order valence-corrected chi connectivity index (χ3v) is 11.4. The number of nitrogens with zero attached hydrogens (tertiary/aromatic N) is 3. The molecule has 58 heavy (non-hydrogen) atoms. The van der Waals surface area contributed by atoms with Crippen LogP contribution in [-0.4, -0.2) is 15.0 Å². The van der Waals surface area contributed by atoms with Gasteiger partial charge in [-0.25, -0.2) is 9.97 Å². The minimum Gasteiger partial charge on any atom is -0.263 e. The van der Waals surface area contributed by atoms with E-state index in [2.05, 4.69) is 205 Å². The minimum absolute atomic E-state index is 0.685. The van der Waals surface area contributed by atoms with Crippen molar-refractivity contribution in [2.24, 2.45) is 0 Å². The smallest absolute Gasteiger partial charge is 0.160 e. The van der Waals surface area contributed by atoms with Gasteiger partial charge in [-0.05, 0) is 83.7 Å². The van der Waals surface area contributed by atoms with Crippen LogP contribution in [0.4, 0.5) is 0 Å². The average Bonchev–Trinajstić information content (AvgIpc) is 3.31. The third kappa shape index (κ3) is 6.07. The van der Waals surface area contributed by atoms with Crippen LogP contribution in [0.15, 0.2) is 213 Å². The van der Waals surface area contributed by atoms with Crippen LogP contribution in [0, 0.1) is 0 Å². The van der Waals surface area contributed by atoms with Gasteiger partial charge in [-0.3, -0.25) is 4.98 Å². The first-order chi connectivity index (χ1) is 28.7. The molecular weight excluding hydrogens is 703 g/mol. The number of hydrogen-bond donors (Lipinski definition) is 0. The van der Waals surface area contributed by atoms with Crippen molar-refractivity contribution in [3.05, 3.63) is 213 Å². The Kier molecular flexibility index (Phi) is 8.15. The summed E-state index contributed by atoms with van der Waals surface area (Å²) in [5.74, 6) is 0.685. The quantitative estimate of drug-likeness (QED) is 0.160. The normalized spacial score (nSPS) is 11.4. The molecule has 0 radical (unpaired) electrons. The summed E-state index contributed by atoms with van der Waals surface area (Å²) in [7, 11) is 0. The van der Waals surface area contributed by atoms with Crippen molar-refractivity contribution in [3.63, 3.8) is 0 Å². The average molecular weight is 738 g/mol. The van der Waals surface area contributed by atoms with Crippen LogP contribution in [0.5, 0.6) is 0 Å². The SMILES string of the molecule is c1ccc2cc(-c3ccc(-c4nc(-c5ccc(-c6cncc7ccccc67)cc5)cc(-c5ccc(-c6cc7ccccc7c7ccccc67)cc5)n4)cc3)ccc2c1. The maximum atomic E-state index is 5.22. The fourth-order valence-corrected chi connectivity index (χ4v) is 8.33. The van der Waals surface area contributed by atoms with E-state index in [9.17, 15) is 0 Å². The summed E-state index contributed by atoms with van der Waals surface area (Å²) < 4.78 is 0. The van der Waals surface area contributed by atoms with Crippen LogP contribution in [0.2, 0.25) is 0 Å². The Labute approximate surface area is 336 Å². The number of fused-ring (bicyclic) bond motifs is 5. The largest absolute Gasteiger partial charge is 0.263 e. The van der Waals surface area contributed by atoms with E-state index in [1.54, 1.807) is 0 Å². The molecule has 0 aliphatic heterocycles. The molecule has 0 amide bonds. The summed E-state index contributed by atoms with van der Waals surface area (Å²) in [4.78, 5) is 14.9. The maximum Gasteiger partial charge on any atom is 0.160 e. The first-order valence-corrected chi connectivity index (χ1v) is 19.7. The van der Waals surface area contributed by atoms with Crippen LogP contribution < -0.4 is 0 Å². The van der Waals surface area contributed by atoms with Crippen molar-refractivity contribution in [3.8, 4) is 67.3 Å². The van der Waals surface area contributed by atoms with Crippen LogP contribution in [0.25, 0.3) is 110 Å². The maximum absolute atomic E-state index is 5.22. The van der Waals surface area contributed by atoms with Crippen molar-refractivity contribution in [2.75, 3.05) is 0 Å². The molecule has 0 unspecified atom stereocenters. The zero-order chi connectivity index (χ0) is 38.4. The fraction of sp³-hybridized carbons (Fsp3) is 0. The van der Waals surface area contributed by atoms with Gasteiger partial charge in [-0.2, -0.15) is 0 Å². The molecule has 9 aromatic carbocycles. The molecule has 11 aromatic rings. The molecule has 0 N–H and O–H groups in total. The van der Waals surface area contributed by atoms with E-state index in [0.29, 0.717) is 5.82 Å². The van der Waals surface area contributed by atoms with Gasteiger partial charge in [0.2, 0.25) is 0 Å². The summed E-state index contributed by atoms with van der Waals surface area (Å²) in [6.45, 7) is 0. The lowest BCUT2D eigenvalue weighted by Crippen LogP contribution is -1.96. The van der Waals surface area contributed by atoms with E-state index in [1.165, 1.54) is 54.4 Å². The molecule has 0 aliphatic carbocycles. The van der Waals surface area contributed by atoms with Gasteiger partial charge in [0.25, 0.3) is 0 Å². The molecule has 0 bridgehead atoms. The Morgan fingerprint density at radius 1 is 0.259 bits per heavy atom. The molecule has 0 fully saturated rings. The molecule has 0 atom stereocenters. The Morgan fingerprint density at radius 2 is 0.759 bits per heavy atom. The molecule has 0 saturated heterocycles. The topological polar surface area (TPSA) is 38.7 Å². The molecule has 3 heteroatoms. The third-order valence-electron chi connectivity index (χ3n) is 11.4. The van der Waals surface area contributed by atoms with Crippen molar-refractivity contribution in [1.29, 1.82) is 0 Å². The Bertz CT molecular complexity index is 3310. The molecule has 270 valence electrons. The zero-order valence-electron chi connectivity index (χ0n) is 31.5. The van der Waals surface area contributed by atoms with Gasteiger partial charge < -0.3 is 0 Å². The number of aromatic nitrogens is 3. The Balaban J connectivity index is 0.996. The monoisotopic (exact) mass is 737 g/mol. The molecule has 0 aliphatic rings. The van der Waals surface area contributed by atoms with Crippen molar-refractivity contribution in [2.45, 2.75) is 0 Å². The van der Waals surface area contributed by atoms with Crippen LogP contribution >= 0.6 is 0 Å². The lowest BCUT2D eigenvalue weighted by molar-refractivity contribution is 1.18. The van der Waals surface area contributed by atoms with E-state index in [-0.39, 0.29) is 0 Å². The highest BCUT2D eigenvalue weighted by atomic mass is 14.9. The predicted molar refractivity (Wildman–Crippen MR) is 242 cm³/mol. The summed E-state index contributed by atoms with van der Waals surface area (Å²) in [6, 6.07) is 71.3. The van der Waals surface area contributed by atoms with Crippen molar-refractivity contribution < 1.29 is 0 Å². The standard InChI is InChI=1S/C55H35N3/c1-2-10-43-31-44(30-19-36(43)9-1)37-17-28-42(29-18-37)55-57-53(33-54(58-55)41-26-22-39(23-27-41)52-35-56-34-46-12-4-6-14-48(46)52)40-24-20-38(21-25-40)51-32-45-11-3-5-13-47(45)49-15-7-8-16-50(49)51/h1-35H. The van der Waals surface area contributed by atoms with E-state index in [0.717, 1.165) is 50.2 Å². The van der Waals surface area contributed by atoms with E-state index in [1.807, 2.05) is 12.4 Å². The van der Waals surface area contributed by atoms with Gasteiger partial charge in [-0.15, -0.1) is 0 Å². The lowest BCUT2D eigenvalue weighted by Gasteiger charge is -2.13. The predicted octanol–water partition coefficient (Wildman–Crippen LogP) is 14.5. The molecule has 0 saturated carbocycles. The highest BCUT2D eigenvalue weighted by Crippen LogP contribution is 2.37. The van der Waals surface area contributed by atoms with Crippen molar-refractivity contribution >= 4 is 43.1 Å². The van der Waals surface area contributed by atoms with E-state index >= 15 is 0 Å². The zero-order valence-corrected chi connectivity index (χ0v) is 31.5. The molecule has 0 spiro atoms. The van der Waals surface area contributed by atoms with Gasteiger partial charge in [0.15, 0.2) is 5.82 Å². The number of benzene rings is 9. The summed E-state index contributed by atoms with van der Waals surface area (Å²) in [6.07, 6.45) is 3.87. The van der Waals surface area contributed by atoms with Gasteiger partial charge in [0.1, 0.15) is 0 Å². The Hall–Kier alpha value is -7.75. The molecule has 11 rings (SSSR count). The van der Waals surface area contributed by atoms with E-state index in [4.69, 9.17) is 9.97 Å². The highest BCUT2D eigenvalue weighted by Gasteiger charge is 2.14. The second-order valence-corrected chi connectivity index (χ2v) is 14.9. The first kappa shape index (κ1) is 33.6. The lowest BCUT2D eigenvalue weighted by atomic mass is 9.92. The van der Waals surface area contributed by atoms with Crippen LogP contribution in [0.1, 0.15) is 0 Å².